The van der Waals surface area contributed by atoms with Crippen LogP contribution in [0.25, 0.3) is 16.7 Å². The third-order valence-electron chi connectivity index (χ3n) is 2.26. The lowest BCUT2D eigenvalue weighted by Crippen LogP contribution is -1.78. The summed E-state index contributed by atoms with van der Waals surface area (Å²) in [7, 11) is 0. The van der Waals surface area contributed by atoms with E-state index in [4.69, 9.17) is 4.42 Å². The molecule has 0 atom stereocenters. The van der Waals surface area contributed by atoms with Gasteiger partial charge in [-0.2, -0.15) is 0 Å². The zero-order chi connectivity index (χ0) is 11.4. The summed E-state index contributed by atoms with van der Waals surface area (Å²) in [6.07, 6.45) is 7.48. The van der Waals surface area contributed by atoms with Crippen molar-refractivity contribution in [2.45, 2.75) is 6.92 Å². The van der Waals surface area contributed by atoms with E-state index in [1.54, 1.807) is 6.08 Å². The number of fused-ring (bicyclic) bond motifs is 1. The van der Waals surface area contributed by atoms with Crippen LogP contribution in [0.2, 0.25) is 0 Å². The number of hydrogen-bond acceptors (Lipinski definition) is 2. The quantitative estimate of drug-likeness (QED) is 0.718. The fourth-order valence-corrected chi connectivity index (χ4v) is 1.46. The van der Waals surface area contributed by atoms with Gasteiger partial charge in [-0.05, 0) is 25.1 Å². The Balaban J connectivity index is 2.46. The number of para-hydroxylation sites is 2. The maximum Gasteiger partial charge on any atom is 0.226 e. The molecule has 0 amide bonds. The standard InChI is InChI=1S/C14H13NO/c1-3-5-8-11(4-2)14-15-12-9-6-7-10-13(12)16-14/h3-10H,1H2,2H3/b8-5-,11-4+. The highest BCUT2D eigenvalue weighted by atomic mass is 16.3. The molecule has 0 spiro atoms. The highest BCUT2D eigenvalue weighted by Crippen LogP contribution is 2.21. The Labute approximate surface area is 94.6 Å². The Bertz CT molecular complexity index is 528. The topological polar surface area (TPSA) is 26.0 Å². The van der Waals surface area contributed by atoms with Gasteiger partial charge in [0.15, 0.2) is 5.58 Å². The normalized spacial score (nSPS) is 12.4. The Morgan fingerprint density at radius 2 is 2.19 bits per heavy atom. The number of hydrogen-bond donors (Lipinski definition) is 0. The van der Waals surface area contributed by atoms with Crippen molar-refractivity contribution in [2.24, 2.45) is 0 Å². The second kappa shape index (κ2) is 4.62. The molecule has 2 aromatic rings. The van der Waals surface area contributed by atoms with Crippen molar-refractivity contribution >= 4 is 16.7 Å². The van der Waals surface area contributed by atoms with Crippen LogP contribution >= 0.6 is 0 Å². The molecule has 2 nitrogen and oxygen atoms in total. The van der Waals surface area contributed by atoms with E-state index in [9.17, 15) is 0 Å². The predicted molar refractivity (Wildman–Crippen MR) is 67.0 cm³/mol. The number of benzene rings is 1. The van der Waals surface area contributed by atoms with Crippen molar-refractivity contribution in [1.82, 2.24) is 4.98 Å². The van der Waals surface area contributed by atoms with Gasteiger partial charge in [0.05, 0.1) is 0 Å². The van der Waals surface area contributed by atoms with Crippen molar-refractivity contribution in [2.75, 3.05) is 0 Å². The van der Waals surface area contributed by atoms with Gasteiger partial charge in [0, 0.05) is 5.57 Å². The number of nitrogens with zero attached hydrogens (tertiary/aromatic N) is 1. The van der Waals surface area contributed by atoms with Crippen LogP contribution in [0.15, 0.2) is 59.6 Å². The fourth-order valence-electron chi connectivity index (χ4n) is 1.46. The largest absolute Gasteiger partial charge is 0.436 e. The molecular weight excluding hydrogens is 198 g/mol. The number of oxazole rings is 1. The van der Waals surface area contributed by atoms with Crippen LogP contribution in [0.1, 0.15) is 12.8 Å². The van der Waals surface area contributed by atoms with Gasteiger partial charge < -0.3 is 4.42 Å². The van der Waals surface area contributed by atoms with Gasteiger partial charge in [0.2, 0.25) is 5.89 Å². The molecule has 0 saturated heterocycles. The maximum absolute atomic E-state index is 5.65. The fraction of sp³-hybridized carbons (Fsp3) is 0.0714. The summed E-state index contributed by atoms with van der Waals surface area (Å²) in [5.41, 5.74) is 2.64. The summed E-state index contributed by atoms with van der Waals surface area (Å²) >= 11 is 0. The van der Waals surface area contributed by atoms with Gasteiger partial charge in [-0.15, -0.1) is 0 Å². The molecule has 2 heteroatoms. The summed E-state index contributed by atoms with van der Waals surface area (Å²) in [5, 5.41) is 0. The Morgan fingerprint density at radius 1 is 1.38 bits per heavy atom. The number of aromatic nitrogens is 1. The highest BCUT2D eigenvalue weighted by Gasteiger charge is 2.06. The van der Waals surface area contributed by atoms with Gasteiger partial charge in [-0.1, -0.05) is 36.9 Å². The first-order valence-electron chi connectivity index (χ1n) is 5.16. The minimum atomic E-state index is 0.641. The van der Waals surface area contributed by atoms with E-state index in [0.29, 0.717) is 5.89 Å². The molecule has 0 N–H and O–H groups in total. The zero-order valence-electron chi connectivity index (χ0n) is 9.18. The Kier molecular flexibility index (Phi) is 3.01. The van der Waals surface area contributed by atoms with Gasteiger partial charge in [0.1, 0.15) is 5.52 Å². The van der Waals surface area contributed by atoms with E-state index in [1.165, 1.54) is 0 Å². The van der Waals surface area contributed by atoms with Crippen LogP contribution in [-0.2, 0) is 0 Å². The van der Waals surface area contributed by atoms with E-state index in [-0.39, 0.29) is 0 Å². The molecule has 0 unspecified atom stereocenters. The summed E-state index contributed by atoms with van der Waals surface area (Å²) in [6, 6.07) is 7.74. The molecule has 1 aromatic carbocycles. The molecule has 0 bridgehead atoms. The van der Waals surface area contributed by atoms with Crippen molar-refractivity contribution in [3.8, 4) is 0 Å². The lowest BCUT2D eigenvalue weighted by Gasteiger charge is -1.92. The van der Waals surface area contributed by atoms with Crippen molar-refractivity contribution in [3.63, 3.8) is 0 Å². The Hall–Kier alpha value is -2.09. The van der Waals surface area contributed by atoms with E-state index in [1.807, 2.05) is 49.4 Å². The lowest BCUT2D eigenvalue weighted by atomic mass is 10.2. The third kappa shape index (κ3) is 1.96. The van der Waals surface area contributed by atoms with E-state index in [0.717, 1.165) is 16.7 Å². The average Bonchev–Trinajstić information content (AvgIpc) is 2.73. The minimum Gasteiger partial charge on any atom is -0.436 e. The van der Waals surface area contributed by atoms with Gasteiger partial charge in [-0.25, -0.2) is 4.98 Å². The molecule has 0 radical (unpaired) electrons. The zero-order valence-corrected chi connectivity index (χ0v) is 9.18. The molecule has 0 fully saturated rings. The van der Waals surface area contributed by atoms with E-state index < -0.39 is 0 Å². The molecule has 80 valence electrons. The van der Waals surface area contributed by atoms with Crippen molar-refractivity contribution in [1.29, 1.82) is 0 Å². The minimum absolute atomic E-state index is 0.641. The molecular formula is C14H13NO. The van der Waals surface area contributed by atoms with Crippen LogP contribution in [-0.4, -0.2) is 4.98 Å². The summed E-state index contributed by atoms with van der Waals surface area (Å²) in [4.78, 5) is 4.42. The van der Waals surface area contributed by atoms with Crippen molar-refractivity contribution in [3.05, 3.63) is 61.0 Å². The smallest absolute Gasteiger partial charge is 0.226 e. The third-order valence-corrected chi connectivity index (χ3v) is 2.26. The molecule has 0 aliphatic rings. The molecule has 16 heavy (non-hydrogen) atoms. The van der Waals surface area contributed by atoms with E-state index in [2.05, 4.69) is 11.6 Å². The first kappa shape index (κ1) is 10.4. The van der Waals surface area contributed by atoms with Crippen LogP contribution in [0.5, 0.6) is 0 Å². The SMILES string of the molecule is C=C/C=C\C(=C/C)c1nc2ccccc2o1. The second-order valence-electron chi connectivity index (χ2n) is 3.33. The Morgan fingerprint density at radius 3 is 2.88 bits per heavy atom. The van der Waals surface area contributed by atoms with Crippen LogP contribution in [0, 0.1) is 0 Å². The first-order valence-corrected chi connectivity index (χ1v) is 5.16. The monoisotopic (exact) mass is 211 g/mol. The van der Waals surface area contributed by atoms with Gasteiger partial charge in [-0.3, -0.25) is 0 Å². The molecule has 1 heterocycles. The molecule has 0 aliphatic heterocycles. The predicted octanol–water partition coefficient (Wildman–Crippen LogP) is 3.97. The molecule has 1 aromatic heterocycles. The van der Waals surface area contributed by atoms with Crippen LogP contribution in [0.4, 0.5) is 0 Å². The molecule has 2 rings (SSSR count). The highest BCUT2D eigenvalue weighted by molar-refractivity contribution is 5.78. The first-order chi connectivity index (χ1) is 7.85. The average molecular weight is 211 g/mol. The van der Waals surface area contributed by atoms with Gasteiger partial charge >= 0.3 is 0 Å². The maximum atomic E-state index is 5.65. The summed E-state index contributed by atoms with van der Waals surface area (Å²) in [6.45, 7) is 5.59. The lowest BCUT2D eigenvalue weighted by molar-refractivity contribution is 0.585. The molecule has 0 aliphatic carbocycles. The number of allylic oxidation sites excluding steroid dienone is 5. The number of rotatable bonds is 3. The van der Waals surface area contributed by atoms with Crippen molar-refractivity contribution < 1.29 is 4.42 Å². The summed E-state index contributed by atoms with van der Waals surface area (Å²) < 4.78 is 5.65. The van der Waals surface area contributed by atoms with Gasteiger partial charge in [0.25, 0.3) is 0 Å². The molecule has 0 saturated carbocycles. The second-order valence-corrected chi connectivity index (χ2v) is 3.33. The summed E-state index contributed by atoms with van der Waals surface area (Å²) in [5.74, 6) is 0.641. The van der Waals surface area contributed by atoms with E-state index >= 15 is 0 Å². The van der Waals surface area contributed by atoms with Crippen LogP contribution in [0.3, 0.4) is 0 Å². The van der Waals surface area contributed by atoms with Crippen LogP contribution < -0.4 is 0 Å².